The van der Waals surface area contributed by atoms with E-state index in [1.807, 2.05) is 0 Å². The van der Waals surface area contributed by atoms with Crippen molar-refractivity contribution in [2.75, 3.05) is 24.4 Å². The van der Waals surface area contributed by atoms with E-state index in [2.05, 4.69) is 26.6 Å². The van der Waals surface area contributed by atoms with Crippen LogP contribution in [-0.4, -0.2) is 25.5 Å². The molecule has 160 valence electrons. The van der Waals surface area contributed by atoms with Crippen molar-refractivity contribution in [3.05, 3.63) is 82.3 Å². The third kappa shape index (κ3) is 6.02. The number of ether oxygens (including phenoxy) is 2. The Kier molecular flexibility index (Phi) is 7.19. The quantitative estimate of drug-likeness (QED) is 0.488. The zero-order valence-electron chi connectivity index (χ0n) is 16.2. The maximum absolute atomic E-state index is 13.9. The van der Waals surface area contributed by atoms with Crippen molar-refractivity contribution in [3.63, 3.8) is 0 Å². The maximum Gasteiger partial charge on any atom is 0.262 e. The van der Waals surface area contributed by atoms with Gasteiger partial charge in [0.05, 0.1) is 12.8 Å². The van der Waals surface area contributed by atoms with Gasteiger partial charge in [0.15, 0.2) is 18.1 Å². The molecule has 0 aromatic heterocycles. The highest BCUT2D eigenvalue weighted by Crippen LogP contribution is 2.29. The summed E-state index contributed by atoms with van der Waals surface area (Å²) in [7, 11) is 1.39. The predicted octanol–water partition coefficient (Wildman–Crippen LogP) is 5.01. The fourth-order valence-electron chi connectivity index (χ4n) is 2.59. The molecule has 0 saturated carbocycles. The standard InChI is InChI=1S/C22H17BrF2N2O4/c1-30-20-10-13(22(29)27-18-8-3-14(23)11-17(18)25)2-9-19(20)31-12-21(28)26-16-6-4-15(24)5-7-16/h2-11H,12H2,1H3,(H,26,28)(H,27,29). The second-order valence-electron chi connectivity index (χ2n) is 6.29. The van der Waals surface area contributed by atoms with Crippen LogP contribution in [0.2, 0.25) is 0 Å². The maximum atomic E-state index is 13.9. The molecule has 3 aromatic carbocycles. The Bertz CT molecular complexity index is 1110. The molecule has 3 rings (SSSR count). The van der Waals surface area contributed by atoms with E-state index < -0.39 is 23.4 Å². The highest BCUT2D eigenvalue weighted by Gasteiger charge is 2.14. The van der Waals surface area contributed by atoms with E-state index >= 15 is 0 Å². The Morgan fingerprint density at radius 1 is 0.935 bits per heavy atom. The van der Waals surface area contributed by atoms with E-state index in [0.717, 1.165) is 0 Å². The Hall–Kier alpha value is -3.46. The molecule has 0 spiro atoms. The lowest BCUT2D eigenvalue weighted by atomic mass is 10.1. The van der Waals surface area contributed by atoms with Crippen molar-refractivity contribution >= 4 is 39.1 Å². The molecule has 0 unspecified atom stereocenters. The first-order valence-electron chi connectivity index (χ1n) is 8.98. The average Bonchev–Trinajstić information content (AvgIpc) is 2.75. The number of anilines is 2. The van der Waals surface area contributed by atoms with Crippen LogP contribution < -0.4 is 20.1 Å². The minimum absolute atomic E-state index is 0.0324. The fourth-order valence-corrected chi connectivity index (χ4v) is 2.92. The van der Waals surface area contributed by atoms with E-state index in [9.17, 15) is 18.4 Å². The summed E-state index contributed by atoms with van der Waals surface area (Å²) in [5, 5.41) is 5.05. The topological polar surface area (TPSA) is 76.7 Å². The van der Waals surface area contributed by atoms with Gasteiger partial charge in [0.25, 0.3) is 11.8 Å². The summed E-state index contributed by atoms with van der Waals surface area (Å²) in [6.07, 6.45) is 0. The van der Waals surface area contributed by atoms with Crippen LogP contribution in [0.15, 0.2) is 65.1 Å². The molecular formula is C22H17BrF2N2O4. The number of hydrogen-bond donors (Lipinski definition) is 2. The molecular weight excluding hydrogens is 474 g/mol. The van der Waals surface area contributed by atoms with Crippen molar-refractivity contribution in [2.24, 2.45) is 0 Å². The Morgan fingerprint density at radius 3 is 2.35 bits per heavy atom. The predicted molar refractivity (Wildman–Crippen MR) is 116 cm³/mol. The number of amides is 2. The molecule has 0 saturated heterocycles. The highest BCUT2D eigenvalue weighted by atomic mass is 79.9. The van der Waals surface area contributed by atoms with Gasteiger partial charge in [-0.1, -0.05) is 15.9 Å². The van der Waals surface area contributed by atoms with E-state index in [0.29, 0.717) is 10.2 Å². The van der Waals surface area contributed by atoms with Crippen LogP contribution in [0.5, 0.6) is 11.5 Å². The normalized spacial score (nSPS) is 10.3. The summed E-state index contributed by atoms with van der Waals surface area (Å²) in [5.74, 6) is -1.53. The largest absolute Gasteiger partial charge is 0.493 e. The van der Waals surface area contributed by atoms with Gasteiger partial charge >= 0.3 is 0 Å². The van der Waals surface area contributed by atoms with Gasteiger partial charge < -0.3 is 20.1 Å². The molecule has 2 amide bonds. The van der Waals surface area contributed by atoms with Crippen molar-refractivity contribution in [1.29, 1.82) is 0 Å². The van der Waals surface area contributed by atoms with Crippen LogP contribution >= 0.6 is 15.9 Å². The molecule has 31 heavy (non-hydrogen) atoms. The molecule has 0 aliphatic rings. The van der Waals surface area contributed by atoms with E-state index in [-0.39, 0.29) is 29.4 Å². The lowest BCUT2D eigenvalue weighted by Gasteiger charge is -2.13. The van der Waals surface area contributed by atoms with Gasteiger partial charge in [-0.2, -0.15) is 0 Å². The number of rotatable bonds is 7. The number of hydrogen-bond acceptors (Lipinski definition) is 4. The van der Waals surface area contributed by atoms with E-state index in [1.54, 1.807) is 6.07 Å². The molecule has 9 heteroatoms. The van der Waals surface area contributed by atoms with Gasteiger partial charge in [0, 0.05) is 15.7 Å². The van der Waals surface area contributed by atoms with Gasteiger partial charge in [-0.05, 0) is 60.7 Å². The molecule has 0 bridgehead atoms. The SMILES string of the molecule is COc1cc(C(=O)Nc2ccc(Br)cc2F)ccc1OCC(=O)Nc1ccc(F)cc1. The molecule has 0 atom stereocenters. The molecule has 0 aliphatic carbocycles. The summed E-state index contributed by atoms with van der Waals surface area (Å²) in [4.78, 5) is 24.5. The third-order valence-electron chi connectivity index (χ3n) is 4.09. The van der Waals surface area contributed by atoms with Gasteiger partial charge in [-0.3, -0.25) is 9.59 Å². The first kappa shape index (κ1) is 22.2. The number of benzene rings is 3. The summed E-state index contributed by atoms with van der Waals surface area (Å²) in [6.45, 7) is -0.330. The second kappa shape index (κ2) is 10.0. The van der Waals surface area contributed by atoms with E-state index in [1.165, 1.54) is 61.7 Å². The molecule has 0 radical (unpaired) electrons. The number of carbonyl (C=O) groups excluding carboxylic acids is 2. The third-order valence-corrected chi connectivity index (χ3v) is 4.59. The van der Waals surface area contributed by atoms with Gasteiger partial charge in [0.1, 0.15) is 11.6 Å². The first-order valence-corrected chi connectivity index (χ1v) is 9.77. The lowest BCUT2D eigenvalue weighted by Crippen LogP contribution is -2.20. The molecule has 0 fully saturated rings. The van der Waals surface area contributed by atoms with Crippen molar-refractivity contribution < 1.29 is 27.8 Å². The Morgan fingerprint density at radius 2 is 1.68 bits per heavy atom. The van der Waals surface area contributed by atoms with Crippen LogP contribution in [0.1, 0.15) is 10.4 Å². The Balaban J connectivity index is 1.64. The minimum atomic E-state index is -0.582. The van der Waals surface area contributed by atoms with Crippen LogP contribution in [0.25, 0.3) is 0 Å². The number of nitrogens with one attached hydrogen (secondary N) is 2. The van der Waals surface area contributed by atoms with Gasteiger partial charge in [0.2, 0.25) is 0 Å². The summed E-state index contributed by atoms with van der Waals surface area (Å²) in [6, 6.07) is 13.9. The number of methoxy groups -OCH3 is 1. The summed E-state index contributed by atoms with van der Waals surface area (Å²) >= 11 is 3.15. The second-order valence-corrected chi connectivity index (χ2v) is 7.20. The lowest BCUT2D eigenvalue weighted by molar-refractivity contribution is -0.118. The van der Waals surface area contributed by atoms with Crippen molar-refractivity contribution in [1.82, 2.24) is 0 Å². The summed E-state index contributed by atoms with van der Waals surface area (Å²) in [5.41, 5.74) is 0.668. The number of halogens is 3. The smallest absolute Gasteiger partial charge is 0.262 e. The summed E-state index contributed by atoms with van der Waals surface area (Å²) < 4.78 is 38.1. The number of carbonyl (C=O) groups is 2. The molecule has 0 heterocycles. The van der Waals surface area contributed by atoms with Crippen LogP contribution in [0.3, 0.4) is 0 Å². The minimum Gasteiger partial charge on any atom is -0.493 e. The first-order chi connectivity index (χ1) is 14.9. The highest BCUT2D eigenvalue weighted by molar-refractivity contribution is 9.10. The monoisotopic (exact) mass is 490 g/mol. The van der Waals surface area contributed by atoms with Crippen molar-refractivity contribution in [3.8, 4) is 11.5 Å². The fraction of sp³-hybridized carbons (Fsp3) is 0.0909. The molecule has 0 aliphatic heterocycles. The molecule has 3 aromatic rings. The van der Waals surface area contributed by atoms with Crippen LogP contribution in [0, 0.1) is 11.6 Å². The zero-order valence-corrected chi connectivity index (χ0v) is 17.8. The molecule has 2 N–H and O–H groups in total. The Labute approximate surface area is 185 Å². The van der Waals surface area contributed by atoms with Crippen LogP contribution in [0.4, 0.5) is 20.2 Å². The van der Waals surface area contributed by atoms with Crippen LogP contribution in [-0.2, 0) is 4.79 Å². The van der Waals surface area contributed by atoms with Crippen molar-refractivity contribution in [2.45, 2.75) is 0 Å². The average molecular weight is 491 g/mol. The molecule has 6 nitrogen and oxygen atoms in total. The zero-order chi connectivity index (χ0) is 22.4. The van der Waals surface area contributed by atoms with Gasteiger partial charge in [-0.15, -0.1) is 0 Å². The van der Waals surface area contributed by atoms with E-state index in [4.69, 9.17) is 9.47 Å². The van der Waals surface area contributed by atoms with Gasteiger partial charge in [-0.25, -0.2) is 8.78 Å².